The molecule has 1 saturated heterocycles. The van der Waals surface area contributed by atoms with E-state index in [1.165, 1.54) is 18.5 Å². The second-order valence-electron chi connectivity index (χ2n) is 10.8. The molecule has 3 aromatic heterocycles. The molecule has 1 aliphatic carbocycles. The third-order valence-electron chi connectivity index (χ3n) is 6.77. The van der Waals surface area contributed by atoms with E-state index in [-0.39, 0.29) is 18.1 Å². The van der Waals surface area contributed by atoms with Gasteiger partial charge in [0.25, 0.3) is 0 Å². The summed E-state index contributed by atoms with van der Waals surface area (Å²) < 4.78 is 7.71. The molecule has 36 heavy (non-hydrogen) atoms. The molecule has 1 saturated carbocycles. The number of halogens is 1. The molecule has 1 amide bonds. The van der Waals surface area contributed by atoms with Gasteiger partial charge in [-0.1, -0.05) is 18.5 Å². The summed E-state index contributed by atoms with van der Waals surface area (Å²) in [4.78, 5) is 27.9. The number of pyridine rings is 1. The first-order valence-electron chi connectivity index (χ1n) is 12.7. The van der Waals surface area contributed by atoms with Crippen LogP contribution in [0.5, 0.6) is 0 Å². The molecule has 10 heteroatoms. The Balaban J connectivity index is 1.26. The van der Waals surface area contributed by atoms with Crippen molar-refractivity contribution in [3.05, 3.63) is 41.4 Å². The summed E-state index contributed by atoms with van der Waals surface area (Å²) in [6, 6.07) is 4.14. The zero-order valence-corrected chi connectivity index (χ0v) is 22.0. The van der Waals surface area contributed by atoms with Gasteiger partial charge >= 0.3 is 6.09 Å². The number of piperidine rings is 1. The molecule has 2 N–H and O–H groups in total. The smallest absolute Gasteiger partial charge is 0.410 e. The number of likely N-dealkylation sites (tertiary alicyclic amines) is 1. The molecular weight excluding hydrogens is 478 g/mol. The largest absolute Gasteiger partial charge is 0.444 e. The van der Waals surface area contributed by atoms with E-state index in [0.717, 1.165) is 24.2 Å². The van der Waals surface area contributed by atoms with Crippen LogP contribution in [-0.4, -0.2) is 55.1 Å². The van der Waals surface area contributed by atoms with Gasteiger partial charge in [0, 0.05) is 54.9 Å². The molecule has 0 spiro atoms. The SMILES string of the molecule is CCC1CN(C(=O)OC(C)(C)C)CCC1Nc1nc(Nc2ccn3c(C4CC4)cnc3c2)ncc1Cl. The van der Waals surface area contributed by atoms with Crippen LogP contribution in [-0.2, 0) is 4.74 Å². The average Bonchev–Trinajstić information content (AvgIpc) is 3.59. The molecule has 5 rings (SSSR count). The van der Waals surface area contributed by atoms with Crippen LogP contribution >= 0.6 is 11.6 Å². The van der Waals surface area contributed by atoms with Gasteiger partial charge in [0.1, 0.15) is 16.3 Å². The maximum atomic E-state index is 12.6. The Kier molecular flexibility index (Phi) is 6.68. The lowest BCUT2D eigenvalue weighted by Crippen LogP contribution is -2.49. The molecule has 0 bridgehead atoms. The second kappa shape index (κ2) is 9.76. The molecule has 192 valence electrons. The van der Waals surface area contributed by atoms with E-state index >= 15 is 0 Å². The van der Waals surface area contributed by atoms with Crippen LogP contribution in [0, 0.1) is 5.92 Å². The zero-order chi connectivity index (χ0) is 25.4. The number of amides is 1. The number of rotatable bonds is 6. The quantitative estimate of drug-likeness (QED) is 0.428. The van der Waals surface area contributed by atoms with E-state index in [2.05, 4.69) is 36.9 Å². The summed E-state index contributed by atoms with van der Waals surface area (Å²) in [5, 5.41) is 7.26. The van der Waals surface area contributed by atoms with Crippen LogP contribution in [0.1, 0.15) is 65.0 Å². The molecule has 0 radical (unpaired) electrons. The van der Waals surface area contributed by atoms with Crippen molar-refractivity contribution in [3.8, 4) is 0 Å². The van der Waals surface area contributed by atoms with Crippen molar-refractivity contribution in [1.82, 2.24) is 24.3 Å². The predicted molar refractivity (Wildman–Crippen MR) is 141 cm³/mol. The first kappa shape index (κ1) is 24.6. The summed E-state index contributed by atoms with van der Waals surface area (Å²) in [7, 11) is 0. The van der Waals surface area contributed by atoms with Gasteiger partial charge in [-0.25, -0.2) is 14.8 Å². The van der Waals surface area contributed by atoms with Crippen molar-refractivity contribution in [3.63, 3.8) is 0 Å². The van der Waals surface area contributed by atoms with Crippen molar-refractivity contribution in [2.24, 2.45) is 5.92 Å². The predicted octanol–water partition coefficient (Wildman–Crippen LogP) is 5.85. The van der Waals surface area contributed by atoms with E-state index in [0.29, 0.717) is 35.8 Å². The maximum absolute atomic E-state index is 12.6. The van der Waals surface area contributed by atoms with E-state index in [4.69, 9.17) is 16.3 Å². The molecule has 2 aliphatic rings. The van der Waals surface area contributed by atoms with Gasteiger partial charge in [-0.15, -0.1) is 0 Å². The lowest BCUT2D eigenvalue weighted by molar-refractivity contribution is 0.0153. The van der Waals surface area contributed by atoms with Crippen molar-refractivity contribution >= 4 is 40.8 Å². The monoisotopic (exact) mass is 511 g/mol. The second-order valence-corrected chi connectivity index (χ2v) is 11.2. The van der Waals surface area contributed by atoms with Gasteiger partial charge in [0.05, 0.1) is 6.20 Å². The number of carbonyl (C=O) groups excluding carboxylic acids is 1. The topological polar surface area (TPSA) is 96.7 Å². The number of aromatic nitrogens is 4. The van der Waals surface area contributed by atoms with Gasteiger partial charge in [0.2, 0.25) is 5.95 Å². The molecule has 4 heterocycles. The number of hydrogen-bond acceptors (Lipinski definition) is 7. The minimum Gasteiger partial charge on any atom is -0.444 e. The number of hydrogen-bond donors (Lipinski definition) is 2. The number of anilines is 3. The standard InChI is InChI=1S/C26H34ClN7O2/c1-5-16-15-33(25(35)36-26(2,3)4)10-9-20(16)31-23-19(27)13-29-24(32-23)30-18-8-11-34-21(17-6-7-17)14-28-22(34)12-18/h8,11-14,16-17,20H,5-7,9-10,15H2,1-4H3,(H2,29,30,31,32). The van der Waals surface area contributed by atoms with E-state index in [9.17, 15) is 4.79 Å². The van der Waals surface area contributed by atoms with Crippen molar-refractivity contribution in [2.75, 3.05) is 23.7 Å². The Morgan fingerprint density at radius 3 is 2.75 bits per heavy atom. The Bertz CT molecular complexity index is 1250. The van der Waals surface area contributed by atoms with Crippen LogP contribution in [0.25, 0.3) is 5.65 Å². The van der Waals surface area contributed by atoms with Crippen molar-refractivity contribution in [2.45, 2.75) is 70.9 Å². The molecule has 1 aliphatic heterocycles. The number of imidazole rings is 1. The zero-order valence-electron chi connectivity index (χ0n) is 21.3. The molecule has 2 fully saturated rings. The lowest BCUT2D eigenvalue weighted by atomic mass is 9.90. The number of nitrogens with one attached hydrogen (secondary N) is 2. The molecule has 0 aromatic carbocycles. The third kappa shape index (κ3) is 5.51. The lowest BCUT2D eigenvalue weighted by Gasteiger charge is -2.39. The summed E-state index contributed by atoms with van der Waals surface area (Å²) >= 11 is 6.46. The fourth-order valence-corrected chi connectivity index (χ4v) is 4.87. The van der Waals surface area contributed by atoms with Crippen LogP contribution in [0.2, 0.25) is 5.02 Å². The van der Waals surface area contributed by atoms with Gasteiger partial charge in [-0.2, -0.15) is 4.98 Å². The fourth-order valence-electron chi connectivity index (χ4n) is 4.72. The normalized spacial score (nSPS) is 20.4. The minimum absolute atomic E-state index is 0.135. The van der Waals surface area contributed by atoms with Crippen LogP contribution in [0.3, 0.4) is 0 Å². The van der Waals surface area contributed by atoms with Crippen LogP contribution < -0.4 is 10.6 Å². The number of fused-ring (bicyclic) bond motifs is 1. The molecule has 9 nitrogen and oxygen atoms in total. The average molecular weight is 512 g/mol. The minimum atomic E-state index is -0.507. The van der Waals surface area contributed by atoms with Crippen molar-refractivity contribution in [1.29, 1.82) is 0 Å². The van der Waals surface area contributed by atoms with E-state index in [1.807, 2.05) is 45.3 Å². The summed E-state index contributed by atoms with van der Waals surface area (Å²) in [5.74, 6) is 1.92. The Hall–Kier alpha value is -3.07. The highest BCUT2D eigenvalue weighted by molar-refractivity contribution is 6.32. The number of nitrogens with zero attached hydrogens (tertiary/aromatic N) is 5. The highest BCUT2D eigenvalue weighted by Gasteiger charge is 2.33. The highest BCUT2D eigenvalue weighted by Crippen LogP contribution is 2.40. The number of ether oxygens (including phenoxy) is 1. The highest BCUT2D eigenvalue weighted by atomic mass is 35.5. The van der Waals surface area contributed by atoms with Crippen molar-refractivity contribution < 1.29 is 9.53 Å². The van der Waals surface area contributed by atoms with E-state index < -0.39 is 5.60 Å². The first-order chi connectivity index (χ1) is 17.2. The Labute approximate surface area is 216 Å². The van der Waals surface area contributed by atoms with Gasteiger partial charge in [-0.05, 0) is 58.4 Å². The van der Waals surface area contributed by atoms with Crippen LogP contribution in [0.4, 0.5) is 22.2 Å². The molecule has 3 aromatic rings. The number of carbonyl (C=O) groups is 1. The molecule has 2 unspecified atom stereocenters. The van der Waals surface area contributed by atoms with E-state index in [1.54, 1.807) is 11.1 Å². The summed E-state index contributed by atoms with van der Waals surface area (Å²) in [6.07, 6.45) is 9.52. The molecule has 2 atom stereocenters. The Morgan fingerprint density at radius 1 is 1.22 bits per heavy atom. The van der Waals surface area contributed by atoms with Gasteiger partial charge in [-0.3, -0.25) is 0 Å². The van der Waals surface area contributed by atoms with Crippen LogP contribution in [0.15, 0.2) is 30.7 Å². The fraction of sp³-hybridized carbons (Fsp3) is 0.538. The summed E-state index contributed by atoms with van der Waals surface area (Å²) in [6.45, 7) is 9.04. The van der Waals surface area contributed by atoms with Gasteiger partial charge in [0.15, 0.2) is 5.82 Å². The molecular formula is C26H34ClN7O2. The Morgan fingerprint density at radius 2 is 2.03 bits per heavy atom. The first-order valence-corrected chi connectivity index (χ1v) is 13.1. The summed E-state index contributed by atoms with van der Waals surface area (Å²) in [5.41, 5.74) is 2.53. The van der Waals surface area contributed by atoms with Gasteiger partial charge < -0.3 is 24.7 Å². The third-order valence-corrected chi connectivity index (χ3v) is 7.05. The maximum Gasteiger partial charge on any atom is 0.410 e.